The van der Waals surface area contributed by atoms with Crippen LogP contribution in [-0.4, -0.2) is 21.9 Å². The van der Waals surface area contributed by atoms with Crippen LogP contribution in [0.2, 0.25) is 0 Å². The molecule has 142 valence electrons. The number of amides is 1. The number of hydrogen-bond acceptors (Lipinski definition) is 4. The molecule has 2 aromatic rings. The van der Waals surface area contributed by atoms with Gasteiger partial charge in [-0.15, -0.1) is 0 Å². The van der Waals surface area contributed by atoms with Gasteiger partial charge in [-0.1, -0.05) is 44.5 Å². The van der Waals surface area contributed by atoms with E-state index in [1.165, 1.54) is 6.20 Å². The maximum absolute atomic E-state index is 11.5. The van der Waals surface area contributed by atoms with Crippen LogP contribution in [0.4, 0.5) is 5.82 Å². The fourth-order valence-electron chi connectivity index (χ4n) is 2.50. The number of rotatable bonds is 8. The Labute approximate surface area is 164 Å². The van der Waals surface area contributed by atoms with E-state index in [-0.39, 0.29) is 0 Å². The van der Waals surface area contributed by atoms with Gasteiger partial charge in [0.2, 0.25) is 0 Å². The fraction of sp³-hybridized carbons (Fsp3) is 0.0455. The summed E-state index contributed by atoms with van der Waals surface area (Å²) in [5.74, 6) is 0.653. The molecule has 2 N–H and O–H groups in total. The Hall–Kier alpha value is -3.77. The lowest BCUT2D eigenvalue weighted by Gasteiger charge is -2.24. The van der Waals surface area contributed by atoms with E-state index in [4.69, 9.17) is 5.21 Å². The second-order valence-corrected chi connectivity index (χ2v) is 5.73. The number of hydrogen-bond donors (Lipinski definition) is 2. The largest absolute Gasteiger partial charge is 0.307 e. The lowest BCUT2D eigenvalue weighted by molar-refractivity contribution is 0.0706. The lowest BCUT2D eigenvalue weighted by Crippen LogP contribution is -2.29. The molecule has 28 heavy (non-hydrogen) atoms. The van der Waals surface area contributed by atoms with Crippen molar-refractivity contribution in [2.24, 2.45) is 4.99 Å². The Balaban J connectivity index is 2.43. The Bertz CT molecular complexity index is 930. The van der Waals surface area contributed by atoms with E-state index in [0.717, 1.165) is 16.7 Å². The van der Waals surface area contributed by atoms with Crippen molar-refractivity contribution >= 4 is 23.1 Å². The van der Waals surface area contributed by atoms with Gasteiger partial charge >= 0.3 is 0 Å². The molecular weight excluding hydrogens is 352 g/mol. The summed E-state index contributed by atoms with van der Waals surface area (Å²) < 4.78 is 0. The number of amidine groups is 1. The van der Waals surface area contributed by atoms with Gasteiger partial charge in [0.25, 0.3) is 5.91 Å². The van der Waals surface area contributed by atoms with Crippen LogP contribution in [0.5, 0.6) is 0 Å². The molecule has 2 rings (SSSR count). The topological polar surface area (TPSA) is 77.8 Å². The van der Waals surface area contributed by atoms with Gasteiger partial charge in [0, 0.05) is 18.0 Å². The van der Waals surface area contributed by atoms with Gasteiger partial charge in [0.05, 0.1) is 6.54 Å². The monoisotopic (exact) mass is 374 g/mol. The summed E-state index contributed by atoms with van der Waals surface area (Å²) in [6, 6.07) is 10.6. The standard InChI is InChI=1S/C22H22N4O2/c1-5-16(4)19-12-13-24-21(14-19)26(20(6-2)23-7-3)15-17-8-10-18(11-9-17)22(27)25-28/h5-14,28H,1-4,15H2,(H,25,27). The minimum absolute atomic E-state index is 0.351. The number of hydroxylamine groups is 1. The number of carbonyl (C=O) groups excluding carboxylic acids is 1. The van der Waals surface area contributed by atoms with Gasteiger partial charge in [0.1, 0.15) is 11.7 Å². The summed E-state index contributed by atoms with van der Waals surface area (Å²) >= 11 is 0. The zero-order valence-corrected chi connectivity index (χ0v) is 15.5. The highest BCUT2D eigenvalue weighted by Gasteiger charge is 2.15. The van der Waals surface area contributed by atoms with Gasteiger partial charge in [-0.25, -0.2) is 15.5 Å². The molecule has 0 bridgehead atoms. The number of carbonyl (C=O) groups is 1. The molecule has 0 saturated carbocycles. The zero-order chi connectivity index (χ0) is 20.5. The first kappa shape index (κ1) is 20.5. The number of aromatic nitrogens is 1. The third-order valence-corrected chi connectivity index (χ3v) is 3.98. The van der Waals surface area contributed by atoms with Crippen LogP contribution >= 0.6 is 0 Å². The van der Waals surface area contributed by atoms with Gasteiger partial charge in [-0.3, -0.25) is 10.0 Å². The molecule has 0 spiro atoms. The molecular formula is C22H22N4O2. The van der Waals surface area contributed by atoms with Crippen molar-refractivity contribution < 1.29 is 10.0 Å². The summed E-state index contributed by atoms with van der Waals surface area (Å²) in [5.41, 5.74) is 4.54. The van der Waals surface area contributed by atoms with Crippen molar-refractivity contribution in [2.45, 2.75) is 6.54 Å². The number of pyridine rings is 1. The molecule has 6 heteroatoms. The number of nitrogens with zero attached hydrogens (tertiary/aromatic N) is 3. The van der Waals surface area contributed by atoms with Gasteiger partial charge in [0.15, 0.2) is 0 Å². The van der Waals surface area contributed by atoms with Crippen LogP contribution in [0.25, 0.3) is 5.57 Å². The smallest absolute Gasteiger partial charge is 0.274 e. The van der Waals surface area contributed by atoms with E-state index >= 15 is 0 Å². The molecule has 0 aliphatic carbocycles. The van der Waals surface area contributed by atoms with Crippen LogP contribution in [0.15, 0.2) is 92.3 Å². The number of benzene rings is 1. The van der Waals surface area contributed by atoms with Gasteiger partial charge < -0.3 is 4.90 Å². The minimum Gasteiger partial charge on any atom is -0.307 e. The quantitative estimate of drug-likeness (QED) is 0.239. The molecule has 0 unspecified atom stereocenters. The van der Waals surface area contributed by atoms with E-state index in [1.54, 1.807) is 48.1 Å². The molecule has 0 radical (unpaired) electrons. The Kier molecular flexibility index (Phi) is 7.19. The maximum Gasteiger partial charge on any atom is 0.274 e. The minimum atomic E-state index is -0.569. The van der Waals surface area contributed by atoms with Crippen molar-refractivity contribution in [2.75, 3.05) is 4.90 Å². The first-order chi connectivity index (χ1) is 13.5. The van der Waals surface area contributed by atoms with Crippen molar-refractivity contribution in [1.29, 1.82) is 0 Å². The molecule has 0 saturated heterocycles. The van der Waals surface area contributed by atoms with Gasteiger partial charge in [-0.05, 0) is 47.0 Å². The Morgan fingerprint density at radius 2 is 1.86 bits per heavy atom. The average molecular weight is 374 g/mol. The third-order valence-electron chi connectivity index (χ3n) is 3.98. The first-order valence-electron chi connectivity index (χ1n) is 8.43. The molecule has 0 atom stereocenters. The van der Waals surface area contributed by atoms with Crippen molar-refractivity contribution in [3.05, 3.63) is 104 Å². The predicted molar refractivity (Wildman–Crippen MR) is 113 cm³/mol. The third kappa shape index (κ3) is 4.90. The van der Waals surface area contributed by atoms with Crippen LogP contribution in [0.3, 0.4) is 0 Å². The van der Waals surface area contributed by atoms with Crippen LogP contribution in [0, 0.1) is 0 Å². The van der Waals surface area contributed by atoms with Crippen molar-refractivity contribution in [1.82, 2.24) is 10.5 Å². The molecule has 1 heterocycles. The Morgan fingerprint density at radius 1 is 1.14 bits per heavy atom. The number of allylic oxidation sites excluding steroid dienone is 2. The lowest BCUT2D eigenvalue weighted by atomic mass is 10.1. The molecule has 0 aliphatic rings. The van der Waals surface area contributed by atoms with E-state index in [1.807, 2.05) is 17.0 Å². The second kappa shape index (κ2) is 9.80. The first-order valence-corrected chi connectivity index (χ1v) is 8.43. The molecule has 6 nitrogen and oxygen atoms in total. The summed E-state index contributed by atoms with van der Waals surface area (Å²) in [4.78, 5) is 22.1. The molecule has 0 fully saturated rings. The highest BCUT2D eigenvalue weighted by Crippen LogP contribution is 2.21. The second-order valence-electron chi connectivity index (χ2n) is 5.73. The number of anilines is 1. The SMILES string of the molecule is C=CN=C(C=C)N(Cc1ccc(C(=O)NO)cc1)c1cc(C(=C)C=C)ccn1. The van der Waals surface area contributed by atoms with Crippen LogP contribution < -0.4 is 10.4 Å². The number of nitrogens with one attached hydrogen (secondary N) is 1. The predicted octanol–water partition coefficient (Wildman–Crippen LogP) is 4.13. The molecule has 1 aromatic heterocycles. The Morgan fingerprint density at radius 3 is 2.43 bits per heavy atom. The normalized spacial score (nSPS) is 10.7. The van der Waals surface area contributed by atoms with E-state index in [0.29, 0.717) is 23.8 Å². The molecule has 1 amide bonds. The summed E-state index contributed by atoms with van der Waals surface area (Å²) in [7, 11) is 0. The van der Waals surface area contributed by atoms with E-state index in [2.05, 4.69) is 36.3 Å². The van der Waals surface area contributed by atoms with Gasteiger partial charge in [-0.2, -0.15) is 0 Å². The highest BCUT2D eigenvalue weighted by molar-refractivity contribution is 6.05. The molecule has 0 aliphatic heterocycles. The summed E-state index contributed by atoms with van der Waals surface area (Å²) in [6.45, 7) is 15.6. The van der Waals surface area contributed by atoms with Crippen LogP contribution in [-0.2, 0) is 6.54 Å². The van der Waals surface area contributed by atoms with Crippen molar-refractivity contribution in [3.8, 4) is 0 Å². The van der Waals surface area contributed by atoms with E-state index < -0.39 is 5.91 Å². The molecule has 1 aromatic carbocycles. The zero-order valence-electron chi connectivity index (χ0n) is 15.5. The highest BCUT2D eigenvalue weighted by atomic mass is 16.5. The number of aliphatic imine (C=N–C) groups is 1. The summed E-state index contributed by atoms with van der Waals surface area (Å²) in [5, 5.41) is 8.74. The maximum atomic E-state index is 11.5. The van der Waals surface area contributed by atoms with Crippen LogP contribution in [0.1, 0.15) is 21.5 Å². The summed E-state index contributed by atoms with van der Waals surface area (Å²) in [6.07, 6.45) is 6.42. The van der Waals surface area contributed by atoms with E-state index in [9.17, 15) is 4.79 Å². The fourth-order valence-corrected chi connectivity index (χ4v) is 2.50. The van der Waals surface area contributed by atoms with Crippen molar-refractivity contribution in [3.63, 3.8) is 0 Å². The average Bonchev–Trinajstić information content (AvgIpc) is 2.75.